The van der Waals surface area contributed by atoms with Crippen molar-refractivity contribution in [3.05, 3.63) is 66.6 Å². The summed E-state index contributed by atoms with van der Waals surface area (Å²) in [5.41, 5.74) is 2.36. The Labute approximate surface area is 236 Å². The van der Waals surface area contributed by atoms with Crippen LogP contribution in [0.25, 0.3) is 21.8 Å². The van der Waals surface area contributed by atoms with Crippen LogP contribution in [0.4, 0.5) is 5.82 Å². The van der Waals surface area contributed by atoms with E-state index < -0.39 is 5.79 Å². The zero-order valence-corrected chi connectivity index (χ0v) is 23.7. The van der Waals surface area contributed by atoms with Crippen LogP contribution < -0.4 is 10.6 Å². The summed E-state index contributed by atoms with van der Waals surface area (Å²) < 4.78 is 15.3. The monoisotopic (exact) mass is 540 g/mol. The highest BCUT2D eigenvalue weighted by Gasteiger charge is 2.55. The van der Waals surface area contributed by atoms with Gasteiger partial charge < -0.3 is 29.6 Å². The van der Waals surface area contributed by atoms with Gasteiger partial charge in [-0.15, -0.1) is 0 Å². The van der Waals surface area contributed by atoms with Crippen LogP contribution in [-0.2, 0) is 15.9 Å². The lowest BCUT2D eigenvalue weighted by atomic mass is 9.96. The minimum absolute atomic E-state index is 0.0254. The first kappa shape index (κ1) is 25.9. The van der Waals surface area contributed by atoms with E-state index in [2.05, 4.69) is 84.8 Å². The molecule has 3 aliphatic rings. The van der Waals surface area contributed by atoms with Gasteiger partial charge in [-0.05, 0) is 61.6 Å². The summed E-state index contributed by atoms with van der Waals surface area (Å²) in [4.78, 5) is 11.6. The number of fused-ring (bicyclic) bond motifs is 3. The van der Waals surface area contributed by atoms with Gasteiger partial charge >= 0.3 is 0 Å². The van der Waals surface area contributed by atoms with E-state index in [1.807, 2.05) is 20.9 Å². The first-order valence-electron chi connectivity index (χ1n) is 14.7. The first-order chi connectivity index (χ1) is 19.5. The third-order valence-electron chi connectivity index (χ3n) is 9.02. The topological polar surface area (TPSA) is 76.5 Å². The summed E-state index contributed by atoms with van der Waals surface area (Å²) in [6, 6.07) is 17.7. The van der Waals surface area contributed by atoms with Crippen molar-refractivity contribution in [1.82, 2.24) is 24.8 Å². The van der Waals surface area contributed by atoms with Crippen LogP contribution in [0.15, 0.2) is 61.1 Å². The van der Waals surface area contributed by atoms with Crippen molar-refractivity contribution in [2.75, 3.05) is 45.1 Å². The van der Waals surface area contributed by atoms with Gasteiger partial charge in [-0.1, -0.05) is 42.5 Å². The van der Waals surface area contributed by atoms with Gasteiger partial charge in [0.15, 0.2) is 5.79 Å². The number of hydrogen-bond donors (Lipinski definition) is 2. The fourth-order valence-corrected chi connectivity index (χ4v) is 7.17. The van der Waals surface area contributed by atoms with Crippen molar-refractivity contribution in [3.8, 4) is 0 Å². The van der Waals surface area contributed by atoms with E-state index in [0.29, 0.717) is 11.8 Å². The normalized spacial score (nSPS) is 26.4. The van der Waals surface area contributed by atoms with Crippen LogP contribution in [0.1, 0.15) is 31.9 Å². The molecule has 0 radical (unpaired) electrons. The second kappa shape index (κ2) is 10.4. The molecule has 2 N–H and O–H groups in total. The summed E-state index contributed by atoms with van der Waals surface area (Å²) in [5, 5.41) is 10.6. The highest BCUT2D eigenvalue weighted by atomic mass is 16.8. The number of hydrogen-bond acceptors (Lipinski definition) is 7. The number of likely N-dealkylation sites (tertiary alicyclic amines) is 1. The Bertz CT molecular complexity index is 1500. The molecule has 2 aromatic carbocycles. The van der Waals surface area contributed by atoms with Gasteiger partial charge in [-0.25, -0.2) is 9.97 Å². The lowest BCUT2D eigenvalue weighted by Crippen LogP contribution is -2.53. The average molecular weight is 541 g/mol. The standard InChI is InChI=1S/C32H40N6O2/c1-32(2)39-28-25(15-27(29(28)40-32)38-13-11-26-30(33-3)35-20-36-31(26)38)19-37-17-22(18-37)16-34-12-10-21-8-9-23-6-4-5-7-24(23)14-21/h4-9,11,13-14,20,22,25,27-29,34H,10,12,15-19H2,1-3H3,(H,33,35,36)/t25?,27-,28-,29+/m1/s1. The number of ether oxygens (including phenoxy) is 2. The molecule has 210 valence electrons. The number of nitrogens with zero attached hydrogens (tertiary/aromatic N) is 4. The molecule has 0 bridgehead atoms. The molecule has 1 aliphatic carbocycles. The van der Waals surface area contributed by atoms with E-state index in [0.717, 1.165) is 62.4 Å². The lowest BCUT2D eigenvalue weighted by Gasteiger charge is -2.41. The van der Waals surface area contributed by atoms with Gasteiger partial charge in [0, 0.05) is 45.3 Å². The highest BCUT2D eigenvalue weighted by molar-refractivity contribution is 5.87. The van der Waals surface area contributed by atoms with Crippen molar-refractivity contribution in [1.29, 1.82) is 0 Å². The van der Waals surface area contributed by atoms with E-state index in [9.17, 15) is 0 Å². The predicted molar refractivity (Wildman–Crippen MR) is 158 cm³/mol. The average Bonchev–Trinajstić information content (AvgIpc) is 3.60. The molecule has 1 saturated carbocycles. The van der Waals surface area contributed by atoms with E-state index in [-0.39, 0.29) is 18.2 Å². The molecule has 4 aromatic rings. The Morgan fingerprint density at radius 1 is 1.00 bits per heavy atom. The molecule has 3 fully saturated rings. The Kier molecular flexibility index (Phi) is 6.74. The first-order valence-corrected chi connectivity index (χ1v) is 14.7. The number of aromatic nitrogens is 3. The molecule has 8 heteroatoms. The van der Waals surface area contributed by atoms with Gasteiger partial charge in [-0.2, -0.15) is 0 Å². The van der Waals surface area contributed by atoms with Crippen molar-refractivity contribution in [2.24, 2.45) is 11.8 Å². The fourth-order valence-electron chi connectivity index (χ4n) is 7.17. The zero-order chi connectivity index (χ0) is 27.3. The van der Waals surface area contributed by atoms with E-state index >= 15 is 0 Å². The summed E-state index contributed by atoms with van der Waals surface area (Å²) >= 11 is 0. The summed E-state index contributed by atoms with van der Waals surface area (Å²) in [7, 11) is 1.90. The minimum atomic E-state index is -0.563. The SMILES string of the molecule is CNc1ncnc2c1ccn2[C@@H]1CC(CN2CC(CNCCc3ccc4ccccc4c3)C2)[C@H]2OC(C)(C)O[C@H]21. The lowest BCUT2D eigenvalue weighted by molar-refractivity contribution is -0.161. The molecular weight excluding hydrogens is 500 g/mol. The van der Waals surface area contributed by atoms with Gasteiger partial charge in [0.05, 0.1) is 17.5 Å². The van der Waals surface area contributed by atoms with Crippen LogP contribution >= 0.6 is 0 Å². The number of rotatable bonds is 9. The maximum Gasteiger partial charge on any atom is 0.163 e. The second-order valence-electron chi connectivity index (χ2n) is 12.3. The quantitative estimate of drug-likeness (QED) is 0.303. The summed E-state index contributed by atoms with van der Waals surface area (Å²) in [6.45, 7) is 9.54. The maximum atomic E-state index is 6.50. The molecule has 8 nitrogen and oxygen atoms in total. The number of benzene rings is 2. The molecule has 2 aromatic heterocycles. The zero-order valence-electron chi connectivity index (χ0n) is 23.7. The molecule has 2 saturated heterocycles. The molecule has 7 rings (SSSR count). The molecule has 40 heavy (non-hydrogen) atoms. The third-order valence-corrected chi connectivity index (χ3v) is 9.02. The highest BCUT2D eigenvalue weighted by Crippen LogP contribution is 2.48. The van der Waals surface area contributed by atoms with Crippen LogP contribution in [0.5, 0.6) is 0 Å². The minimum Gasteiger partial charge on any atom is -0.372 e. The van der Waals surface area contributed by atoms with Crippen LogP contribution in [0.3, 0.4) is 0 Å². The van der Waals surface area contributed by atoms with Gasteiger partial charge in [0.25, 0.3) is 0 Å². The van der Waals surface area contributed by atoms with Crippen LogP contribution in [0, 0.1) is 11.8 Å². The Hall–Kier alpha value is -3.04. The molecule has 2 aliphatic heterocycles. The van der Waals surface area contributed by atoms with Crippen molar-refractivity contribution < 1.29 is 9.47 Å². The number of anilines is 1. The van der Waals surface area contributed by atoms with Crippen molar-refractivity contribution >= 4 is 27.6 Å². The van der Waals surface area contributed by atoms with Crippen LogP contribution in [0.2, 0.25) is 0 Å². The Morgan fingerprint density at radius 2 is 1.82 bits per heavy atom. The maximum absolute atomic E-state index is 6.50. The van der Waals surface area contributed by atoms with Gasteiger partial charge in [-0.3, -0.25) is 0 Å². The summed E-state index contributed by atoms with van der Waals surface area (Å²) in [6.07, 6.45) is 6.00. The van der Waals surface area contributed by atoms with E-state index in [1.165, 1.54) is 16.3 Å². The smallest absolute Gasteiger partial charge is 0.163 e. The van der Waals surface area contributed by atoms with Crippen molar-refractivity contribution in [3.63, 3.8) is 0 Å². The Morgan fingerprint density at radius 3 is 2.67 bits per heavy atom. The second-order valence-corrected chi connectivity index (χ2v) is 12.3. The molecular formula is C32H40N6O2. The van der Waals surface area contributed by atoms with E-state index in [1.54, 1.807) is 6.33 Å². The molecule has 0 amide bonds. The van der Waals surface area contributed by atoms with E-state index in [4.69, 9.17) is 9.47 Å². The molecule has 4 heterocycles. The fraction of sp³-hybridized carbons (Fsp3) is 0.500. The van der Waals surface area contributed by atoms with Crippen LogP contribution in [-0.4, -0.2) is 77.2 Å². The molecule has 1 unspecified atom stereocenters. The van der Waals surface area contributed by atoms with Gasteiger partial charge in [0.1, 0.15) is 23.9 Å². The third kappa shape index (κ3) is 4.87. The predicted octanol–water partition coefficient (Wildman–Crippen LogP) is 4.47. The molecule has 0 spiro atoms. The largest absolute Gasteiger partial charge is 0.372 e. The van der Waals surface area contributed by atoms with Gasteiger partial charge in [0.2, 0.25) is 0 Å². The Balaban J connectivity index is 0.933. The number of nitrogens with one attached hydrogen (secondary N) is 2. The molecule has 4 atom stereocenters. The van der Waals surface area contributed by atoms with Crippen molar-refractivity contribution in [2.45, 2.75) is 50.7 Å². The summed E-state index contributed by atoms with van der Waals surface area (Å²) in [5.74, 6) is 1.44.